The maximum atomic E-state index is 14.3. The fraction of sp³-hybridized carbons (Fsp3) is 0.900. The molecule has 10 atom stereocenters. The third-order valence-electron chi connectivity index (χ3n) is 13.0. The van der Waals surface area contributed by atoms with Crippen LogP contribution in [0.2, 0.25) is 0 Å². The monoisotopic (exact) mass is 488 g/mol. The Hall–Kier alpha value is -0.750. The van der Waals surface area contributed by atoms with Crippen LogP contribution in [0.1, 0.15) is 92.9 Å². The summed E-state index contributed by atoms with van der Waals surface area (Å²) in [4.78, 5) is 14.3. The van der Waals surface area contributed by atoms with Crippen LogP contribution in [0.3, 0.4) is 0 Å². The molecule has 0 aromatic heterocycles. The number of hydrogen-bond acceptors (Lipinski definition) is 5. The third-order valence-corrected chi connectivity index (χ3v) is 13.0. The van der Waals surface area contributed by atoms with Gasteiger partial charge in [-0.2, -0.15) is 0 Å². The zero-order valence-electron chi connectivity index (χ0n) is 22.7. The van der Waals surface area contributed by atoms with Gasteiger partial charge in [-0.3, -0.25) is 4.79 Å². The highest BCUT2D eigenvalue weighted by atomic mass is 16.3. The lowest BCUT2D eigenvalue weighted by Gasteiger charge is -2.71. The molecule has 0 radical (unpaired) electrons. The lowest BCUT2D eigenvalue weighted by Crippen LogP contribution is -2.69. The Morgan fingerprint density at radius 2 is 1.54 bits per heavy atom. The van der Waals surface area contributed by atoms with Crippen LogP contribution in [-0.4, -0.2) is 51.6 Å². The van der Waals surface area contributed by atoms with Gasteiger partial charge in [-0.25, -0.2) is 0 Å². The molecule has 0 aromatic rings. The van der Waals surface area contributed by atoms with Crippen LogP contribution in [0.4, 0.5) is 0 Å². The molecule has 198 valence electrons. The first-order valence-corrected chi connectivity index (χ1v) is 14.0. The molecule has 5 aliphatic rings. The van der Waals surface area contributed by atoms with E-state index in [0.717, 1.165) is 38.5 Å². The molecule has 5 nitrogen and oxygen atoms in total. The van der Waals surface area contributed by atoms with Crippen molar-refractivity contribution >= 4 is 5.78 Å². The van der Waals surface area contributed by atoms with Crippen LogP contribution in [0.15, 0.2) is 11.6 Å². The van der Waals surface area contributed by atoms with Gasteiger partial charge in [-0.15, -0.1) is 0 Å². The number of carbonyl (C=O) groups excluding carboxylic acids is 1. The summed E-state index contributed by atoms with van der Waals surface area (Å²) in [6, 6.07) is 0. The molecule has 5 heteroatoms. The number of fused-ring (bicyclic) bond motifs is 7. The molecular weight excluding hydrogens is 440 g/mol. The van der Waals surface area contributed by atoms with Crippen molar-refractivity contribution < 1.29 is 25.2 Å². The quantitative estimate of drug-likeness (QED) is 0.466. The molecule has 0 aromatic carbocycles. The van der Waals surface area contributed by atoms with Crippen molar-refractivity contribution in [1.29, 1.82) is 0 Å². The van der Waals surface area contributed by atoms with E-state index in [1.165, 1.54) is 5.57 Å². The Kier molecular flexibility index (Phi) is 5.65. The molecule has 0 amide bonds. The molecular formula is C30H48O5. The van der Waals surface area contributed by atoms with E-state index in [4.69, 9.17) is 0 Å². The van der Waals surface area contributed by atoms with E-state index >= 15 is 0 Å². The third kappa shape index (κ3) is 3.05. The highest BCUT2D eigenvalue weighted by Gasteiger charge is 2.72. The molecule has 0 aliphatic heterocycles. The molecule has 4 saturated carbocycles. The Labute approximate surface area is 211 Å². The molecule has 0 saturated heterocycles. The molecule has 0 unspecified atom stereocenters. The number of ketones is 1. The zero-order chi connectivity index (χ0) is 25.8. The average Bonchev–Trinajstić information content (AvgIpc) is 2.78. The van der Waals surface area contributed by atoms with Crippen LogP contribution in [0.5, 0.6) is 0 Å². The molecule has 35 heavy (non-hydrogen) atoms. The summed E-state index contributed by atoms with van der Waals surface area (Å²) >= 11 is 0. The smallest absolute Gasteiger partial charge is 0.159 e. The maximum Gasteiger partial charge on any atom is 0.159 e. The molecule has 5 rings (SSSR count). The topological polar surface area (TPSA) is 98.0 Å². The number of rotatable bonds is 2. The van der Waals surface area contributed by atoms with Crippen molar-refractivity contribution in [3.63, 3.8) is 0 Å². The number of aliphatic hydroxyl groups is 4. The first-order chi connectivity index (χ1) is 16.2. The van der Waals surface area contributed by atoms with Crippen molar-refractivity contribution in [1.82, 2.24) is 0 Å². The molecule has 4 N–H and O–H groups in total. The second-order valence-corrected chi connectivity index (χ2v) is 15.0. The standard InChI is InChI=1S/C30H48O5/c1-25(2)11-12-30(17-32)19(14-25)18-13-20(33)24-26(3)9-8-22(34)27(4,16-31)21(26)7-10-28(24,5)29(18,6)15-23(30)35/h13,19,21-24,31-32,34-35H,7-12,14-17H2,1-6H3/t19-,21+,22+,23+,24-,26+,27+,28-,29-,30-/m1/s1. The Balaban J connectivity index is 1.66. The van der Waals surface area contributed by atoms with E-state index in [1.54, 1.807) is 0 Å². The number of hydrogen-bond donors (Lipinski definition) is 4. The predicted molar refractivity (Wildman–Crippen MR) is 135 cm³/mol. The summed E-state index contributed by atoms with van der Waals surface area (Å²) in [7, 11) is 0. The minimum Gasteiger partial charge on any atom is -0.396 e. The van der Waals surface area contributed by atoms with Crippen molar-refractivity contribution in [2.45, 2.75) is 105 Å². The molecule has 0 heterocycles. The molecule has 4 fully saturated rings. The van der Waals surface area contributed by atoms with E-state index in [-0.39, 0.29) is 58.4 Å². The van der Waals surface area contributed by atoms with Crippen molar-refractivity contribution in [2.75, 3.05) is 13.2 Å². The first kappa shape index (κ1) is 25.9. The van der Waals surface area contributed by atoms with Gasteiger partial charge in [0.2, 0.25) is 0 Å². The highest BCUT2D eigenvalue weighted by molar-refractivity contribution is 5.95. The molecule has 0 spiro atoms. The van der Waals surface area contributed by atoms with E-state index in [2.05, 4.69) is 34.6 Å². The Morgan fingerprint density at radius 3 is 2.17 bits per heavy atom. The van der Waals surface area contributed by atoms with Crippen molar-refractivity contribution in [2.24, 2.45) is 50.2 Å². The van der Waals surface area contributed by atoms with E-state index in [1.807, 2.05) is 13.0 Å². The van der Waals surface area contributed by atoms with Crippen LogP contribution < -0.4 is 0 Å². The maximum absolute atomic E-state index is 14.3. The second kappa shape index (κ2) is 7.65. The van der Waals surface area contributed by atoms with E-state index in [9.17, 15) is 25.2 Å². The minimum atomic E-state index is -0.606. The van der Waals surface area contributed by atoms with Crippen molar-refractivity contribution in [3.05, 3.63) is 11.6 Å². The number of aliphatic hydroxyl groups excluding tert-OH is 4. The van der Waals surface area contributed by atoms with Gasteiger partial charge in [0.05, 0.1) is 25.4 Å². The van der Waals surface area contributed by atoms with Gasteiger partial charge in [-0.05, 0) is 90.9 Å². The Bertz CT molecular complexity index is 941. The van der Waals surface area contributed by atoms with Crippen LogP contribution >= 0.6 is 0 Å². The average molecular weight is 489 g/mol. The molecule has 5 aliphatic carbocycles. The van der Waals surface area contributed by atoms with Gasteiger partial charge >= 0.3 is 0 Å². The second-order valence-electron chi connectivity index (χ2n) is 15.0. The van der Waals surface area contributed by atoms with Gasteiger partial charge in [0.25, 0.3) is 0 Å². The first-order valence-electron chi connectivity index (χ1n) is 14.0. The minimum absolute atomic E-state index is 0.00754. The largest absolute Gasteiger partial charge is 0.396 e. The summed E-state index contributed by atoms with van der Waals surface area (Å²) in [6.07, 6.45) is 7.11. The SMILES string of the molecule is CC1(C)CC[C@@]2(CO)[C@H](C1)C1=CC(=O)[C@@H]3[C@@]4(C)CC[C@H](O)[C@@](C)(CO)[C@H]4CC[C@@]3(C)[C@]1(C)C[C@@H]2O. The van der Waals surface area contributed by atoms with Crippen LogP contribution in [0.25, 0.3) is 0 Å². The summed E-state index contributed by atoms with van der Waals surface area (Å²) in [5, 5.41) is 43.6. The van der Waals surface area contributed by atoms with Gasteiger partial charge in [0, 0.05) is 16.7 Å². The fourth-order valence-corrected chi connectivity index (χ4v) is 10.6. The number of carbonyl (C=O) groups is 1. The summed E-state index contributed by atoms with van der Waals surface area (Å²) in [6.45, 7) is 13.3. The highest BCUT2D eigenvalue weighted by Crippen LogP contribution is 2.75. The van der Waals surface area contributed by atoms with E-state index in [0.29, 0.717) is 12.8 Å². The van der Waals surface area contributed by atoms with Crippen LogP contribution in [0, 0.1) is 50.2 Å². The normalized spacial score (nSPS) is 55.2. The molecule has 0 bridgehead atoms. The Morgan fingerprint density at radius 1 is 0.857 bits per heavy atom. The van der Waals surface area contributed by atoms with Gasteiger partial charge in [-0.1, -0.05) is 47.1 Å². The van der Waals surface area contributed by atoms with Gasteiger partial charge in [0.15, 0.2) is 5.78 Å². The summed E-state index contributed by atoms with van der Waals surface area (Å²) in [5.41, 5.74) is -0.843. The van der Waals surface area contributed by atoms with E-state index < -0.39 is 23.0 Å². The van der Waals surface area contributed by atoms with Crippen molar-refractivity contribution in [3.8, 4) is 0 Å². The summed E-state index contributed by atoms with van der Waals surface area (Å²) in [5.74, 6) is 0.0675. The number of allylic oxidation sites excluding steroid dienone is 2. The lowest BCUT2D eigenvalue weighted by atomic mass is 9.33. The fourth-order valence-electron chi connectivity index (χ4n) is 10.6. The lowest BCUT2D eigenvalue weighted by molar-refractivity contribution is -0.223. The van der Waals surface area contributed by atoms with Gasteiger partial charge < -0.3 is 20.4 Å². The zero-order valence-corrected chi connectivity index (χ0v) is 22.7. The summed E-state index contributed by atoms with van der Waals surface area (Å²) < 4.78 is 0. The predicted octanol–water partition coefficient (Wildman–Crippen LogP) is 4.26. The van der Waals surface area contributed by atoms with Crippen LogP contribution in [-0.2, 0) is 4.79 Å². The van der Waals surface area contributed by atoms with Gasteiger partial charge in [0.1, 0.15) is 0 Å².